The van der Waals surface area contributed by atoms with Crippen LogP contribution in [0.25, 0.3) is 0 Å². The highest BCUT2D eigenvalue weighted by Crippen LogP contribution is 2.22. The summed E-state index contributed by atoms with van der Waals surface area (Å²) in [5.74, 6) is 0. The van der Waals surface area contributed by atoms with E-state index in [1.807, 2.05) is 36.5 Å². The van der Waals surface area contributed by atoms with Gasteiger partial charge in [-0.05, 0) is 25.5 Å². The summed E-state index contributed by atoms with van der Waals surface area (Å²) >= 11 is 1.63. The first-order valence-corrected chi connectivity index (χ1v) is 7.32. The Bertz CT molecular complexity index is 384. The largest absolute Gasteiger partial charge is 0.300 e. The van der Waals surface area contributed by atoms with Crippen molar-refractivity contribution in [2.75, 3.05) is 26.9 Å². The van der Waals surface area contributed by atoms with Crippen molar-refractivity contribution in [2.24, 2.45) is 0 Å². The molecule has 0 amide bonds. The van der Waals surface area contributed by atoms with E-state index in [1.165, 1.54) is 6.26 Å². The maximum absolute atomic E-state index is 11.0. The van der Waals surface area contributed by atoms with Crippen LogP contribution in [0.5, 0.6) is 0 Å². The van der Waals surface area contributed by atoms with Gasteiger partial charge in [0.05, 0.1) is 12.3 Å². The molecule has 1 aromatic rings. The maximum atomic E-state index is 11.0. The van der Waals surface area contributed by atoms with Crippen LogP contribution in [0, 0.1) is 0 Å². The van der Waals surface area contributed by atoms with Gasteiger partial charge in [0.1, 0.15) is 0 Å². The first kappa shape index (κ1) is 12.6. The van der Waals surface area contributed by atoms with Crippen LogP contribution >= 0.6 is 11.3 Å². The van der Waals surface area contributed by atoms with Crippen molar-refractivity contribution in [1.29, 1.82) is 0 Å². The molecule has 0 radical (unpaired) electrons. The number of likely N-dealkylation sites (N-methyl/N-ethyl adjacent to an activating group) is 1. The number of sulfonamides is 1. The standard InChI is InChI=1S/C9H16N2O2S2/c1-11(2)8(7-10-15(3,12)13)9-5-4-6-14-9/h4-6,8,10H,7H2,1-3H3/t8-/m1/s1. The SMILES string of the molecule is CN(C)[C@H](CNS(C)(=O)=O)c1cccs1. The van der Waals surface area contributed by atoms with E-state index in [-0.39, 0.29) is 6.04 Å². The third-order valence-corrected chi connectivity index (χ3v) is 3.70. The Labute approximate surface area is 95.0 Å². The zero-order chi connectivity index (χ0) is 11.5. The number of rotatable bonds is 5. The van der Waals surface area contributed by atoms with Crippen molar-refractivity contribution < 1.29 is 8.42 Å². The van der Waals surface area contributed by atoms with E-state index in [1.54, 1.807) is 11.3 Å². The minimum absolute atomic E-state index is 0.0970. The number of thiophene rings is 1. The van der Waals surface area contributed by atoms with Gasteiger partial charge in [-0.1, -0.05) is 6.07 Å². The summed E-state index contributed by atoms with van der Waals surface area (Å²) in [6.45, 7) is 0.409. The number of nitrogens with zero attached hydrogens (tertiary/aromatic N) is 1. The molecule has 0 saturated carbocycles. The second-order valence-corrected chi connectivity index (χ2v) is 6.43. The van der Waals surface area contributed by atoms with E-state index in [4.69, 9.17) is 0 Å². The molecule has 1 N–H and O–H groups in total. The summed E-state index contributed by atoms with van der Waals surface area (Å²) in [6, 6.07) is 4.08. The molecular formula is C9H16N2O2S2. The smallest absolute Gasteiger partial charge is 0.208 e. The highest BCUT2D eigenvalue weighted by molar-refractivity contribution is 7.88. The molecule has 0 saturated heterocycles. The summed E-state index contributed by atoms with van der Waals surface area (Å²) in [5.41, 5.74) is 0. The molecule has 6 heteroatoms. The average Bonchev–Trinajstić information content (AvgIpc) is 2.54. The highest BCUT2D eigenvalue weighted by atomic mass is 32.2. The van der Waals surface area contributed by atoms with E-state index >= 15 is 0 Å². The van der Waals surface area contributed by atoms with Crippen LogP contribution in [0.3, 0.4) is 0 Å². The normalized spacial score (nSPS) is 14.4. The van der Waals surface area contributed by atoms with Gasteiger partial charge in [0.2, 0.25) is 10.0 Å². The summed E-state index contributed by atoms with van der Waals surface area (Å²) in [4.78, 5) is 3.17. The van der Waals surface area contributed by atoms with Crippen molar-refractivity contribution in [3.05, 3.63) is 22.4 Å². The van der Waals surface area contributed by atoms with Gasteiger partial charge in [-0.25, -0.2) is 13.1 Å². The van der Waals surface area contributed by atoms with Gasteiger partial charge in [0.15, 0.2) is 0 Å². The molecule has 0 bridgehead atoms. The number of nitrogens with one attached hydrogen (secondary N) is 1. The Hall–Kier alpha value is -0.430. The van der Waals surface area contributed by atoms with Crippen molar-refractivity contribution in [3.8, 4) is 0 Å². The summed E-state index contributed by atoms with van der Waals surface area (Å²) < 4.78 is 24.5. The third kappa shape index (κ3) is 4.29. The molecule has 15 heavy (non-hydrogen) atoms. The predicted octanol–water partition coefficient (Wildman–Crippen LogP) is 0.900. The van der Waals surface area contributed by atoms with Gasteiger partial charge >= 0.3 is 0 Å². The first-order valence-electron chi connectivity index (χ1n) is 4.54. The Morgan fingerprint density at radius 2 is 2.20 bits per heavy atom. The van der Waals surface area contributed by atoms with Crippen LogP contribution in [0.4, 0.5) is 0 Å². The lowest BCUT2D eigenvalue weighted by Gasteiger charge is -2.23. The van der Waals surface area contributed by atoms with Gasteiger partial charge in [-0.15, -0.1) is 11.3 Å². The fourth-order valence-electron chi connectivity index (χ4n) is 1.25. The molecule has 1 heterocycles. The Morgan fingerprint density at radius 1 is 1.53 bits per heavy atom. The van der Waals surface area contributed by atoms with Gasteiger partial charge < -0.3 is 4.90 Å². The Morgan fingerprint density at radius 3 is 2.60 bits per heavy atom. The van der Waals surface area contributed by atoms with Crippen LogP contribution in [0.15, 0.2) is 17.5 Å². The molecule has 0 aliphatic carbocycles. The van der Waals surface area contributed by atoms with Crippen molar-refractivity contribution >= 4 is 21.4 Å². The van der Waals surface area contributed by atoms with Crippen molar-refractivity contribution in [2.45, 2.75) is 6.04 Å². The number of hydrogen-bond acceptors (Lipinski definition) is 4. The zero-order valence-electron chi connectivity index (χ0n) is 9.10. The van der Waals surface area contributed by atoms with Crippen LogP contribution < -0.4 is 4.72 Å². The second-order valence-electron chi connectivity index (χ2n) is 3.62. The van der Waals surface area contributed by atoms with Crippen LogP contribution in [0.2, 0.25) is 0 Å². The highest BCUT2D eigenvalue weighted by Gasteiger charge is 2.16. The fraction of sp³-hybridized carbons (Fsp3) is 0.556. The molecule has 0 aromatic carbocycles. The fourth-order valence-corrected chi connectivity index (χ4v) is 2.63. The lowest BCUT2D eigenvalue weighted by Crippen LogP contribution is -2.33. The molecule has 1 aromatic heterocycles. The summed E-state index contributed by atoms with van der Waals surface area (Å²) in [6.07, 6.45) is 1.17. The molecule has 0 aliphatic heterocycles. The van der Waals surface area contributed by atoms with Gasteiger partial charge in [0, 0.05) is 11.4 Å². The van der Waals surface area contributed by atoms with Gasteiger partial charge in [-0.2, -0.15) is 0 Å². The molecule has 1 atom stereocenters. The van der Waals surface area contributed by atoms with E-state index in [0.717, 1.165) is 4.88 Å². The minimum Gasteiger partial charge on any atom is -0.300 e. The third-order valence-electron chi connectivity index (χ3n) is 2.03. The van der Waals surface area contributed by atoms with Crippen molar-refractivity contribution in [3.63, 3.8) is 0 Å². The van der Waals surface area contributed by atoms with Crippen LogP contribution in [-0.4, -0.2) is 40.2 Å². The monoisotopic (exact) mass is 248 g/mol. The molecule has 4 nitrogen and oxygen atoms in total. The topological polar surface area (TPSA) is 49.4 Å². The minimum atomic E-state index is -3.12. The Kier molecular flexibility index (Phi) is 4.27. The molecule has 0 spiro atoms. The van der Waals surface area contributed by atoms with E-state index in [0.29, 0.717) is 6.54 Å². The van der Waals surface area contributed by atoms with Gasteiger partial charge in [-0.3, -0.25) is 0 Å². The molecule has 0 fully saturated rings. The lowest BCUT2D eigenvalue weighted by molar-refractivity contribution is 0.304. The molecule has 0 unspecified atom stereocenters. The quantitative estimate of drug-likeness (QED) is 0.842. The Balaban J connectivity index is 2.69. The molecular weight excluding hydrogens is 232 g/mol. The van der Waals surface area contributed by atoms with E-state index in [9.17, 15) is 8.42 Å². The van der Waals surface area contributed by atoms with Gasteiger partial charge in [0.25, 0.3) is 0 Å². The van der Waals surface area contributed by atoms with E-state index < -0.39 is 10.0 Å². The zero-order valence-corrected chi connectivity index (χ0v) is 10.7. The molecule has 0 aliphatic rings. The second kappa shape index (κ2) is 5.07. The summed E-state index contributed by atoms with van der Waals surface area (Å²) in [7, 11) is 0.762. The molecule has 1 rings (SSSR count). The predicted molar refractivity (Wildman–Crippen MR) is 63.6 cm³/mol. The average molecular weight is 248 g/mol. The first-order chi connectivity index (χ1) is 6.90. The van der Waals surface area contributed by atoms with E-state index in [2.05, 4.69) is 4.72 Å². The van der Waals surface area contributed by atoms with Crippen LogP contribution in [0.1, 0.15) is 10.9 Å². The lowest BCUT2D eigenvalue weighted by atomic mass is 10.2. The molecule has 86 valence electrons. The maximum Gasteiger partial charge on any atom is 0.208 e. The van der Waals surface area contributed by atoms with Crippen molar-refractivity contribution in [1.82, 2.24) is 9.62 Å². The number of hydrogen-bond donors (Lipinski definition) is 1. The summed E-state index contributed by atoms with van der Waals surface area (Å²) in [5, 5.41) is 1.99. The van der Waals surface area contributed by atoms with Crippen LogP contribution in [-0.2, 0) is 10.0 Å².